The number of fused-ring (bicyclic) bond motifs is 1. The normalized spacial score (nSPS) is 10.8. The molecule has 22 heavy (non-hydrogen) atoms. The van der Waals surface area contributed by atoms with Gasteiger partial charge < -0.3 is 5.32 Å². The van der Waals surface area contributed by atoms with Crippen LogP contribution in [0, 0.1) is 6.92 Å². The van der Waals surface area contributed by atoms with Gasteiger partial charge >= 0.3 is 5.69 Å². The number of halogens is 1. The van der Waals surface area contributed by atoms with E-state index in [1.807, 2.05) is 6.92 Å². The van der Waals surface area contributed by atoms with E-state index in [-0.39, 0.29) is 18.1 Å². The second-order valence-corrected chi connectivity index (χ2v) is 5.31. The van der Waals surface area contributed by atoms with Crippen LogP contribution < -0.4 is 11.0 Å². The molecule has 0 saturated heterocycles. The first-order chi connectivity index (χ1) is 10.5. The van der Waals surface area contributed by atoms with E-state index >= 15 is 0 Å². The third-order valence-corrected chi connectivity index (χ3v) is 3.48. The van der Waals surface area contributed by atoms with E-state index < -0.39 is 0 Å². The Morgan fingerprint density at radius 2 is 2.14 bits per heavy atom. The van der Waals surface area contributed by atoms with Crippen molar-refractivity contribution in [1.82, 2.24) is 14.2 Å². The summed E-state index contributed by atoms with van der Waals surface area (Å²) in [5, 5.41) is 7.47. The lowest BCUT2D eigenvalue weighted by atomic mass is 10.2. The molecule has 1 N–H and O–H groups in total. The van der Waals surface area contributed by atoms with E-state index in [4.69, 9.17) is 11.6 Å². The van der Waals surface area contributed by atoms with Crippen LogP contribution in [-0.2, 0) is 11.3 Å². The number of aromatic nitrogens is 3. The van der Waals surface area contributed by atoms with Gasteiger partial charge in [0.25, 0.3) is 0 Å². The van der Waals surface area contributed by atoms with Crippen LogP contribution in [0.4, 0.5) is 5.69 Å². The van der Waals surface area contributed by atoms with Gasteiger partial charge in [-0.05, 0) is 42.8 Å². The van der Waals surface area contributed by atoms with Crippen LogP contribution in [-0.4, -0.2) is 20.1 Å². The van der Waals surface area contributed by atoms with Crippen LogP contribution in [0.15, 0.2) is 47.4 Å². The Bertz CT molecular complexity index is 913. The molecule has 0 fully saturated rings. The number of benzene rings is 1. The summed E-state index contributed by atoms with van der Waals surface area (Å²) in [5.74, 6) is -0.323. The van der Waals surface area contributed by atoms with Gasteiger partial charge in [-0.3, -0.25) is 9.20 Å². The molecule has 6 nitrogen and oxygen atoms in total. The van der Waals surface area contributed by atoms with Crippen molar-refractivity contribution in [2.75, 3.05) is 5.32 Å². The van der Waals surface area contributed by atoms with Gasteiger partial charge in [-0.1, -0.05) is 17.7 Å². The molecule has 7 heteroatoms. The fraction of sp³-hybridized carbons (Fsp3) is 0.133. The molecule has 0 aliphatic rings. The third kappa shape index (κ3) is 2.73. The number of amides is 1. The molecule has 0 atom stereocenters. The summed E-state index contributed by atoms with van der Waals surface area (Å²) in [5.41, 5.74) is 1.66. The maximum atomic E-state index is 12.1. The molecule has 0 unspecified atom stereocenters. The number of rotatable bonds is 3. The van der Waals surface area contributed by atoms with Gasteiger partial charge in [0.15, 0.2) is 5.65 Å². The molecule has 0 radical (unpaired) electrons. The van der Waals surface area contributed by atoms with Gasteiger partial charge in [0.05, 0.1) is 0 Å². The molecule has 3 aromatic rings. The van der Waals surface area contributed by atoms with Crippen LogP contribution in [0.1, 0.15) is 5.56 Å². The predicted octanol–water partition coefficient (Wildman–Crippen LogP) is 2.10. The van der Waals surface area contributed by atoms with Crippen molar-refractivity contribution in [3.63, 3.8) is 0 Å². The van der Waals surface area contributed by atoms with E-state index in [1.54, 1.807) is 42.6 Å². The predicted molar refractivity (Wildman–Crippen MR) is 84.3 cm³/mol. The number of carbonyl (C=O) groups excluding carboxylic acids is 1. The summed E-state index contributed by atoms with van der Waals surface area (Å²) in [6, 6.07) is 10.4. The molecule has 2 aromatic heterocycles. The molecule has 3 rings (SSSR count). The maximum absolute atomic E-state index is 12.1. The summed E-state index contributed by atoms with van der Waals surface area (Å²) in [4.78, 5) is 24.2. The van der Waals surface area contributed by atoms with Crippen molar-refractivity contribution in [3.8, 4) is 0 Å². The molecule has 112 valence electrons. The maximum Gasteiger partial charge on any atom is 0.350 e. The van der Waals surface area contributed by atoms with Crippen molar-refractivity contribution < 1.29 is 4.79 Å². The highest BCUT2D eigenvalue weighted by Crippen LogP contribution is 2.19. The van der Waals surface area contributed by atoms with Crippen LogP contribution in [0.25, 0.3) is 5.65 Å². The second kappa shape index (κ2) is 5.65. The molecular weight excluding hydrogens is 304 g/mol. The fourth-order valence-corrected chi connectivity index (χ4v) is 2.39. The van der Waals surface area contributed by atoms with Gasteiger partial charge in [0, 0.05) is 16.9 Å². The Labute approximate surface area is 130 Å². The first-order valence-electron chi connectivity index (χ1n) is 6.65. The van der Waals surface area contributed by atoms with E-state index in [2.05, 4.69) is 10.4 Å². The molecule has 0 aliphatic heterocycles. The quantitative estimate of drug-likeness (QED) is 0.804. The fourth-order valence-electron chi connectivity index (χ4n) is 2.16. The first-order valence-corrected chi connectivity index (χ1v) is 7.02. The molecule has 1 aromatic carbocycles. The first kappa shape index (κ1) is 14.3. The molecular formula is C15H13ClN4O2. The minimum absolute atomic E-state index is 0.150. The van der Waals surface area contributed by atoms with E-state index in [1.165, 1.54) is 4.40 Å². The summed E-state index contributed by atoms with van der Waals surface area (Å²) in [7, 11) is 0. The lowest BCUT2D eigenvalue weighted by molar-refractivity contribution is -0.117. The van der Waals surface area contributed by atoms with E-state index in [0.29, 0.717) is 16.4 Å². The number of hydrogen-bond acceptors (Lipinski definition) is 3. The summed E-state index contributed by atoms with van der Waals surface area (Å²) < 4.78 is 2.52. The highest BCUT2D eigenvalue weighted by Gasteiger charge is 2.11. The Balaban J connectivity index is 1.81. The van der Waals surface area contributed by atoms with Crippen molar-refractivity contribution >= 4 is 28.8 Å². The summed E-state index contributed by atoms with van der Waals surface area (Å²) in [6.07, 6.45) is 1.61. The second-order valence-electron chi connectivity index (χ2n) is 4.88. The SMILES string of the molecule is Cc1cc(Cl)ccc1NC(=O)Cn1nc2ccccn2c1=O. The van der Waals surface area contributed by atoms with Crippen LogP contribution in [0.5, 0.6) is 0 Å². The highest BCUT2D eigenvalue weighted by atomic mass is 35.5. The average molecular weight is 317 g/mol. The molecule has 1 amide bonds. The van der Waals surface area contributed by atoms with Crippen LogP contribution in [0.2, 0.25) is 5.02 Å². The Morgan fingerprint density at radius 1 is 1.32 bits per heavy atom. The molecule has 0 bridgehead atoms. The van der Waals surface area contributed by atoms with Gasteiger partial charge in [-0.25, -0.2) is 9.48 Å². The number of anilines is 1. The van der Waals surface area contributed by atoms with Crippen molar-refractivity contribution in [1.29, 1.82) is 0 Å². The Hall–Kier alpha value is -2.60. The van der Waals surface area contributed by atoms with E-state index in [9.17, 15) is 9.59 Å². The largest absolute Gasteiger partial charge is 0.350 e. The minimum atomic E-state index is -0.349. The molecule has 0 saturated carbocycles. The zero-order valence-corrected chi connectivity index (χ0v) is 12.5. The number of carbonyl (C=O) groups is 1. The van der Waals surface area contributed by atoms with Crippen molar-refractivity contribution in [2.24, 2.45) is 0 Å². The minimum Gasteiger partial charge on any atom is -0.324 e. The van der Waals surface area contributed by atoms with Gasteiger partial charge in [0.2, 0.25) is 5.91 Å². The molecule has 0 aliphatic carbocycles. The number of hydrogen-bond donors (Lipinski definition) is 1. The average Bonchev–Trinajstić information content (AvgIpc) is 2.79. The molecule has 2 heterocycles. The zero-order chi connectivity index (χ0) is 15.7. The topological polar surface area (TPSA) is 68.4 Å². The van der Waals surface area contributed by atoms with Crippen molar-refractivity contribution in [2.45, 2.75) is 13.5 Å². The third-order valence-electron chi connectivity index (χ3n) is 3.24. The lowest BCUT2D eigenvalue weighted by Gasteiger charge is -2.08. The van der Waals surface area contributed by atoms with Crippen LogP contribution in [0.3, 0.4) is 0 Å². The lowest BCUT2D eigenvalue weighted by Crippen LogP contribution is -2.28. The Morgan fingerprint density at radius 3 is 2.86 bits per heavy atom. The number of aryl methyl sites for hydroxylation is 1. The molecule has 0 spiro atoms. The monoisotopic (exact) mass is 316 g/mol. The Kier molecular flexibility index (Phi) is 3.68. The standard InChI is InChI=1S/C15H13ClN4O2/c1-10-8-11(16)5-6-12(10)17-14(21)9-20-15(22)19-7-3-2-4-13(19)18-20/h2-8H,9H2,1H3,(H,17,21). The van der Waals surface area contributed by atoms with Crippen LogP contribution >= 0.6 is 11.6 Å². The summed E-state index contributed by atoms with van der Waals surface area (Å²) in [6.45, 7) is 1.70. The number of nitrogens with one attached hydrogen (secondary N) is 1. The zero-order valence-electron chi connectivity index (χ0n) is 11.8. The number of pyridine rings is 1. The number of nitrogens with zero attached hydrogens (tertiary/aromatic N) is 3. The van der Waals surface area contributed by atoms with Crippen molar-refractivity contribution in [3.05, 3.63) is 63.7 Å². The van der Waals surface area contributed by atoms with Gasteiger partial charge in [-0.15, -0.1) is 5.10 Å². The van der Waals surface area contributed by atoms with Gasteiger partial charge in [0.1, 0.15) is 6.54 Å². The smallest absolute Gasteiger partial charge is 0.324 e. The van der Waals surface area contributed by atoms with E-state index in [0.717, 1.165) is 10.2 Å². The highest BCUT2D eigenvalue weighted by molar-refractivity contribution is 6.30. The van der Waals surface area contributed by atoms with Gasteiger partial charge in [-0.2, -0.15) is 0 Å². The summed E-state index contributed by atoms with van der Waals surface area (Å²) >= 11 is 5.88.